The van der Waals surface area contributed by atoms with E-state index in [2.05, 4.69) is 0 Å². The molecule has 0 amide bonds. The Hall–Kier alpha value is -0.940. The summed E-state index contributed by atoms with van der Waals surface area (Å²) in [7, 11) is 0. The summed E-state index contributed by atoms with van der Waals surface area (Å²) in [5, 5.41) is 11.0. The number of nitrogens with zero attached hydrogens (tertiary/aromatic N) is 1. The summed E-state index contributed by atoms with van der Waals surface area (Å²) in [6.07, 6.45) is 0. The van der Waals surface area contributed by atoms with Crippen molar-refractivity contribution in [2.45, 2.75) is 6.92 Å². The van der Waals surface area contributed by atoms with Gasteiger partial charge in [0, 0.05) is 5.38 Å². The first-order valence-electron chi connectivity index (χ1n) is 2.96. The molecule has 0 unspecified atom stereocenters. The predicted octanol–water partition coefficient (Wildman–Crippen LogP) is 2.34. The molecule has 0 saturated heterocycles. The number of hydrogen-bond donors (Lipinski definition) is 0. The van der Waals surface area contributed by atoms with Gasteiger partial charge >= 0.3 is 5.00 Å². The Morgan fingerprint density at radius 3 is 2.58 bits per heavy atom. The minimum absolute atomic E-state index is 0.0287. The van der Waals surface area contributed by atoms with Gasteiger partial charge in [0.05, 0.1) is 16.1 Å². The van der Waals surface area contributed by atoms with E-state index in [0.717, 1.165) is 11.3 Å². The van der Waals surface area contributed by atoms with E-state index in [-0.39, 0.29) is 10.6 Å². The van der Waals surface area contributed by atoms with Crippen LogP contribution in [0, 0.1) is 17.0 Å². The van der Waals surface area contributed by atoms with E-state index in [0.29, 0.717) is 5.56 Å². The van der Waals surface area contributed by atoms with E-state index in [1.165, 1.54) is 12.3 Å². The fourth-order valence-corrected chi connectivity index (χ4v) is 1.93. The van der Waals surface area contributed by atoms with Gasteiger partial charge in [-0.05, 0) is 18.5 Å². The van der Waals surface area contributed by atoms with Crippen molar-refractivity contribution < 1.29 is 9.72 Å². The van der Waals surface area contributed by atoms with E-state index in [1.54, 1.807) is 0 Å². The molecule has 0 fully saturated rings. The molecule has 0 bridgehead atoms. The monoisotopic (exact) mass is 205 g/mol. The Bertz CT molecular complexity index is 315. The van der Waals surface area contributed by atoms with Crippen LogP contribution in [0.2, 0.25) is 0 Å². The second-order valence-electron chi connectivity index (χ2n) is 2.11. The van der Waals surface area contributed by atoms with Crippen LogP contribution in [-0.4, -0.2) is 10.2 Å². The molecular weight excluding hydrogens is 202 g/mol. The van der Waals surface area contributed by atoms with Gasteiger partial charge in [-0.2, -0.15) is 0 Å². The topological polar surface area (TPSA) is 60.2 Å². The third-order valence-electron chi connectivity index (χ3n) is 1.39. The quantitative estimate of drug-likeness (QED) is 0.423. The van der Waals surface area contributed by atoms with E-state index in [9.17, 15) is 14.9 Å². The summed E-state index contributed by atoms with van der Waals surface area (Å²) >= 11 is 6.08. The standard InChI is InChI=1S/C6H4ClNO3S/c1-3-4(5(7)9)2-12-6(3)8(10)11/h2H,1H3. The Morgan fingerprint density at radius 1 is 1.75 bits per heavy atom. The van der Waals surface area contributed by atoms with Gasteiger partial charge in [-0.1, -0.05) is 11.3 Å². The zero-order chi connectivity index (χ0) is 9.30. The number of halogens is 1. The number of thiophene rings is 1. The number of carbonyl (C=O) groups is 1. The summed E-state index contributed by atoms with van der Waals surface area (Å²) in [4.78, 5) is 20.4. The van der Waals surface area contributed by atoms with E-state index in [4.69, 9.17) is 11.6 Å². The van der Waals surface area contributed by atoms with Gasteiger partial charge in [0.15, 0.2) is 0 Å². The minimum atomic E-state index is -0.656. The Balaban J connectivity index is 3.22. The van der Waals surface area contributed by atoms with Gasteiger partial charge in [-0.15, -0.1) is 0 Å². The average molecular weight is 206 g/mol. The van der Waals surface area contributed by atoms with Gasteiger partial charge in [0.25, 0.3) is 5.24 Å². The molecule has 0 aliphatic carbocycles. The molecule has 0 N–H and O–H groups in total. The van der Waals surface area contributed by atoms with Crippen LogP contribution < -0.4 is 0 Å². The zero-order valence-electron chi connectivity index (χ0n) is 6.04. The largest absolute Gasteiger partial charge is 0.327 e. The molecule has 0 aliphatic heterocycles. The molecule has 1 aromatic rings. The summed E-state index contributed by atoms with van der Waals surface area (Å²) < 4.78 is 0. The number of nitro groups is 1. The lowest BCUT2D eigenvalue weighted by atomic mass is 10.2. The fraction of sp³-hybridized carbons (Fsp3) is 0.167. The second kappa shape index (κ2) is 3.20. The highest BCUT2D eigenvalue weighted by atomic mass is 35.5. The lowest BCUT2D eigenvalue weighted by molar-refractivity contribution is -0.380. The lowest BCUT2D eigenvalue weighted by Gasteiger charge is -1.88. The van der Waals surface area contributed by atoms with E-state index >= 15 is 0 Å². The van der Waals surface area contributed by atoms with Gasteiger partial charge in [-0.25, -0.2) is 0 Å². The number of hydrogen-bond acceptors (Lipinski definition) is 4. The van der Waals surface area contributed by atoms with Crippen LogP contribution in [0.4, 0.5) is 5.00 Å². The van der Waals surface area contributed by atoms with Crippen molar-refractivity contribution in [3.05, 3.63) is 26.6 Å². The molecule has 0 aromatic carbocycles. The highest BCUT2D eigenvalue weighted by Crippen LogP contribution is 2.29. The highest BCUT2D eigenvalue weighted by molar-refractivity contribution is 7.14. The van der Waals surface area contributed by atoms with Crippen LogP contribution in [0.25, 0.3) is 0 Å². The zero-order valence-corrected chi connectivity index (χ0v) is 7.61. The Morgan fingerprint density at radius 2 is 2.33 bits per heavy atom. The third kappa shape index (κ3) is 1.46. The van der Waals surface area contributed by atoms with Crippen LogP contribution >= 0.6 is 22.9 Å². The van der Waals surface area contributed by atoms with Crippen molar-refractivity contribution in [2.24, 2.45) is 0 Å². The van der Waals surface area contributed by atoms with Crippen molar-refractivity contribution in [3.8, 4) is 0 Å². The molecule has 4 nitrogen and oxygen atoms in total. The second-order valence-corrected chi connectivity index (χ2v) is 3.31. The van der Waals surface area contributed by atoms with E-state index in [1.807, 2.05) is 0 Å². The first-order chi connectivity index (χ1) is 5.54. The van der Waals surface area contributed by atoms with Crippen molar-refractivity contribution in [1.29, 1.82) is 0 Å². The van der Waals surface area contributed by atoms with Crippen molar-refractivity contribution in [1.82, 2.24) is 0 Å². The van der Waals surface area contributed by atoms with Crippen LogP contribution in [0.1, 0.15) is 15.9 Å². The maximum atomic E-state index is 10.7. The van der Waals surface area contributed by atoms with Crippen LogP contribution in [0.3, 0.4) is 0 Å². The van der Waals surface area contributed by atoms with Gasteiger partial charge in [0.1, 0.15) is 0 Å². The molecule has 0 spiro atoms. The SMILES string of the molecule is Cc1c(C(=O)Cl)csc1[N+](=O)[O-]. The molecule has 1 aromatic heterocycles. The number of carbonyl (C=O) groups excluding carboxylic acids is 1. The first-order valence-corrected chi connectivity index (χ1v) is 4.22. The maximum Gasteiger partial charge on any atom is 0.327 e. The van der Waals surface area contributed by atoms with Gasteiger partial charge < -0.3 is 0 Å². The average Bonchev–Trinajstić information content (AvgIpc) is 2.30. The maximum absolute atomic E-state index is 10.7. The van der Waals surface area contributed by atoms with Crippen LogP contribution in [0.15, 0.2) is 5.38 Å². The van der Waals surface area contributed by atoms with Crippen LogP contribution in [0.5, 0.6) is 0 Å². The summed E-state index contributed by atoms with van der Waals surface area (Å²) in [6, 6.07) is 0. The lowest BCUT2D eigenvalue weighted by Crippen LogP contribution is -1.91. The molecular formula is C6H4ClNO3S. The Kier molecular flexibility index (Phi) is 2.44. The molecule has 0 aliphatic rings. The third-order valence-corrected chi connectivity index (χ3v) is 2.63. The fourth-order valence-electron chi connectivity index (χ4n) is 0.780. The van der Waals surface area contributed by atoms with Crippen molar-refractivity contribution in [3.63, 3.8) is 0 Å². The van der Waals surface area contributed by atoms with Crippen molar-refractivity contribution in [2.75, 3.05) is 0 Å². The van der Waals surface area contributed by atoms with E-state index < -0.39 is 10.2 Å². The minimum Gasteiger partial charge on any atom is -0.276 e. The molecule has 0 radical (unpaired) electrons. The summed E-state index contributed by atoms with van der Waals surface area (Å²) in [5.41, 5.74) is 0.554. The molecule has 64 valence electrons. The van der Waals surface area contributed by atoms with Crippen molar-refractivity contribution >= 4 is 33.2 Å². The van der Waals surface area contributed by atoms with Gasteiger partial charge in [-0.3, -0.25) is 14.9 Å². The van der Waals surface area contributed by atoms with Crippen LogP contribution in [-0.2, 0) is 0 Å². The summed E-state index contributed by atoms with van der Waals surface area (Å²) in [5.74, 6) is 0. The first kappa shape index (κ1) is 9.15. The Labute approximate surface area is 76.9 Å². The number of rotatable bonds is 2. The van der Waals surface area contributed by atoms with Gasteiger partial charge in [0.2, 0.25) is 0 Å². The molecule has 1 heterocycles. The molecule has 1 rings (SSSR count). The smallest absolute Gasteiger partial charge is 0.276 e. The predicted molar refractivity (Wildman–Crippen MR) is 45.9 cm³/mol. The molecule has 0 atom stereocenters. The molecule has 6 heteroatoms. The summed E-state index contributed by atoms with van der Waals surface area (Å²) in [6.45, 7) is 1.50. The molecule has 0 saturated carbocycles. The normalized spacial score (nSPS) is 9.83. The highest BCUT2D eigenvalue weighted by Gasteiger charge is 2.19. The molecule has 12 heavy (non-hydrogen) atoms.